The van der Waals surface area contributed by atoms with Crippen LogP contribution in [-0.4, -0.2) is 27.5 Å². The van der Waals surface area contributed by atoms with Gasteiger partial charge in [-0.25, -0.2) is 9.37 Å². The van der Waals surface area contributed by atoms with Crippen LogP contribution in [0.2, 0.25) is 5.02 Å². The highest BCUT2D eigenvalue weighted by molar-refractivity contribution is 7.99. The van der Waals surface area contributed by atoms with Crippen LogP contribution < -0.4 is 16.2 Å². The average molecular weight is 409 g/mol. The second-order valence-electron chi connectivity index (χ2n) is 5.66. The highest BCUT2D eigenvalue weighted by Gasteiger charge is 2.34. The highest BCUT2D eigenvalue weighted by atomic mass is 35.5. The molecule has 1 aliphatic heterocycles. The molecule has 10 heteroatoms. The highest BCUT2D eigenvalue weighted by Crippen LogP contribution is 2.30. The molecule has 7 nitrogen and oxygen atoms in total. The first-order chi connectivity index (χ1) is 12.9. The number of benzene rings is 1. The first kappa shape index (κ1) is 19.1. The summed E-state index contributed by atoms with van der Waals surface area (Å²) in [5.74, 6) is -2.11. The largest absolute Gasteiger partial charge is 0.325 e. The molecule has 1 aliphatic rings. The lowest BCUT2D eigenvalue weighted by molar-refractivity contribution is -0.123. The number of halogens is 2. The van der Waals surface area contributed by atoms with E-state index >= 15 is 0 Å². The second-order valence-corrected chi connectivity index (χ2v) is 7.07. The van der Waals surface area contributed by atoms with Gasteiger partial charge in [0, 0.05) is 17.9 Å². The molecular weight excluding hydrogens is 395 g/mol. The number of hydrogen-bond acceptors (Lipinski definition) is 5. The van der Waals surface area contributed by atoms with Crippen LogP contribution in [0.4, 0.5) is 15.9 Å². The van der Waals surface area contributed by atoms with Gasteiger partial charge in [-0.2, -0.15) is 0 Å². The molecule has 1 aromatic heterocycles. The molecule has 0 fully saturated rings. The number of aromatic amines is 1. The zero-order valence-corrected chi connectivity index (χ0v) is 15.4. The van der Waals surface area contributed by atoms with Crippen LogP contribution in [0.15, 0.2) is 40.8 Å². The fraction of sp³-hybridized carbons (Fsp3) is 0.176. The average Bonchev–Trinajstić information content (AvgIpc) is 2.62. The molecule has 0 bridgehead atoms. The molecule has 27 heavy (non-hydrogen) atoms. The third-order valence-corrected chi connectivity index (χ3v) is 4.93. The van der Waals surface area contributed by atoms with E-state index in [4.69, 9.17) is 11.6 Å². The molecule has 0 unspecified atom stereocenters. The van der Waals surface area contributed by atoms with Crippen LogP contribution in [0.1, 0.15) is 17.9 Å². The Morgan fingerprint density at radius 3 is 2.96 bits per heavy atom. The minimum Gasteiger partial charge on any atom is -0.325 e. The number of amides is 2. The Morgan fingerprint density at radius 1 is 1.48 bits per heavy atom. The molecule has 3 rings (SSSR count). The molecule has 0 spiro atoms. The number of thioether (sulfide) groups is 1. The normalized spacial score (nSPS) is 15.6. The van der Waals surface area contributed by atoms with Crippen molar-refractivity contribution in [2.75, 3.05) is 16.4 Å². The summed E-state index contributed by atoms with van der Waals surface area (Å²) >= 11 is 6.94. The summed E-state index contributed by atoms with van der Waals surface area (Å²) in [6.07, 6.45) is 1.43. The Kier molecular flexibility index (Phi) is 5.62. The van der Waals surface area contributed by atoms with Crippen molar-refractivity contribution in [3.05, 3.63) is 57.6 Å². The molecule has 3 N–H and O–H groups in total. The molecule has 1 atom stereocenters. The van der Waals surface area contributed by atoms with E-state index in [9.17, 15) is 18.8 Å². The fourth-order valence-corrected chi connectivity index (χ4v) is 3.36. The van der Waals surface area contributed by atoms with Crippen molar-refractivity contribution < 1.29 is 14.0 Å². The minimum absolute atomic E-state index is 0.0545. The minimum atomic E-state index is -1.03. The van der Waals surface area contributed by atoms with Crippen molar-refractivity contribution >= 4 is 46.7 Å². The fourth-order valence-electron chi connectivity index (χ4n) is 2.58. The van der Waals surface area contributed by atoms with Gasteiger partial charge in [0.25, 0.3) is 5.56 Å². The first-order valence-corrected chi connectivity index (χ1v) is 9.19. The van der Waals surface area contributed by atoms with Crippen LogP contribution in [0.25, 0.3) is 0 Å². The molecule has 140 valence electrons. The maximum absolute atomic E-state index is 13.3. The van der Waals surface area contributed by atoms with Gasteiger partial charge in [0.15, 0.2) is 5.16 Å². The van der Waals surface area contributed by atoms with Gasteiger partial charge < -0.3 is 15.6 Å². The Labute approximate surface area is 162 Å². The summed E-state index contributed by atoms with van der Waals surface area (Å²) in [4.78, 5) is 43.9. The number of anilines is 2. The smallest absolute Gasteiger partial charge is 0.257 e. The predicted molar refractivity (Wildman–Crippen MR) is 102 cm³/mol. The third kappa shape index (κ3) is 4.20. The number of nitrogens with one attached hydrogen (secondary N) is 3. The molecule has 1 aromatic carbocycles. The van der Waals surface area contributed by atoms with E-state index in [2.05, 4.69) is 27.2 Å². The van der Waals surface area contributed by atoms with E-state index < -0.39 is 29.1 Å². The molecule has 0 radical (unpaired) electrons. The quantitative estimate of drug-likeness (QED) is 0.401. The second kappa shape index (κ2) is 7.93. The van der Waals surface area contributed by atoms with E-state index in [-0.39, 0.29) is 28.5 Å². The van der Waals surface area contributed by atoms with Gasteiger partial charge in [-0.05, 0) is 18.2 Å². The van der Waals surface area contributed by atoms with E-state index in [1.54, 1.807) is 6.08 Å². The van der Waals surface area contributed by atoms with Crippen molar-refractivity contribution in [1.82, 2.24) is 9.97 Å². The molecule has 2 amide bonds. The van der Waals surface area contributed by atoms with Crippen molar-refractivity contribution in [2.24, 2.45) is 0 Å². The number of nitrogens with zero attached hydrogens (tertiary/aromatic N) is 1. The Balaban J connectivity index is 1.91. The lowest BCUT2D eigenvalue weighted by Gasteiger charge is -2.23. The van der Waals surface area contributed by atoms with E-state index in [1.807, 2.05) is 0 Å². The van der Waals surface area contributed by atoms with Gasteiger partial charge in [-0.3, -0.25) is 14.4 Å². The summed E-state index contributed by atoms with van der Waals surface area (Å²) < 4.78 is 13.3. The van der Waals surface area contributed by atoms with Gasteiger partial charge in [0.05, 0.1) is 16.5 Å². The lowest BCUT2D eigenvalue weighted by atomic mass is 9.92. The zero-order chi connectivity index (χ0) is 19.6. The Bertz CT molecular complexity index is 995. The molecule has 0 saturated heterocycles. The van der Waals surface area contributed by atoms with Crippen LogP contribution in [0.5, 0.6) is 0 Å². The van der Waals surface area contributed by atoms with Gasteiger partial charge in [-0.1, -0.05) is 29.4 Å². The molecule has 2 heterocycles. The van der Waals surface area contributed by atoms with Crippen LogP contribution >= 0.6 is 23.4 Å². The van der Waals surface area contributed by atoms with E-state index in [0.717, 1.165) is 6.07 Å². The van der Waals surface area contributed by atoms with E-state index in [0.29, 0.717) is 10.9 Å². The first-order valence-electron chi connectivity index (χ1n) is 7.82. The van der Waals surface area contributed by atoms with Gasteiger partial charge in [-0.15, -0.1) is 6.58 Å². The SMILES string of the molecule is C=CCSc1nc2c(c(=O)[nH]1)[C@H](C(=O)Nc1ccc(F)c(Cl)c1)CC(=O)N2. The number of rotatable bonds is 5. The molecule has 0 aliphatic carbocycles. The number of aromatic nitrogens is 2. The molecule has 2 aromatic rings. The van der Waals surface area contributed by atoms with Gasteiger partial charge in [0.1, 0.15) is 11.6 Å². The molecule has 0 saturated carbocycles. The number of carbonyl (C=O) groups is 2. The number of H-pyrrole nitrogens is 1. The summed E-state index contributed by atoms with van der Waals surface area (Å²) in [7, 11) is 0. The monoisotopic (exact) mass is 408 g/mol. The van der Waals surface area contributed by atoms with Gasteiger partial charge in [0.2, 0.25) is 11.8 Å². The van der Waals surface area contributed by atoms with Crippen LogP contribution in [0.3, 0.4) is 0 Å². The number of carbonyl (C=O) groups excluding carboxylic acids is 2. The maximum atomic E-state index is 13.3. The van der Waals surface area contributed by atoms with Crippen molar-refractivity contribution in [3.63, 3.8) is 0 Å². The standard InChI is InChI=1S/C17H14ClFN4O3S/c1-2-5-27-17-22-14-13(16(26)23-17)9(7-12(24)21-14)15(25)20-8-3-4-11(19)10(18)6-8/h2-4,6,9H,1,5,7H2,(H,20,25)(H2,21,22,23,24,26)/t9-/m1/s1. The topological polar surface area (TPSA) is 104 Å². The maximum Gasteiger partial charge on any atom is 0.257 e. The Hall–Kier alpha value is -2.65. The van der Waals surface area contributed by atoms with Gasteiger partial charge >= 0.3 is 0 Å². The van der Waals surface area contributed by atoms with Crippen molar-refractivity contribution in [2.45, 2.75) is 17.5 Å². The summed E-state index contributed by atoms with van der Waals surface area (Å²) in [6.45, 7) is 3.59. The van der Waals surface area contributed by atoms with Crippen LogP contribution in [0, 0.1) is 5.82 Å². The zero-order valence-electron chi connectivity index (χ0n) is 13.8. The third-order valence-electron chi connectivity index (χ3n) is 3.77. The van der Waals surface area contributed by atoms with Crippen molar-refractivity contribution in [3.8, 4) is 0 Å². The predicted octanol–water partition coefficient (Wildman–Crippen LogP) is 2.91. The molecular formula is C17H14ClFN4O3S. The summed E-state index contributed by atoms with van der Waals surface area (Å²) in [6, 6.07) is 3.69. The number of hydrogen-bond donors (Lipinski definition) is 3. The lowest BCUT2D eigenvalue weighted by Crippen LogP contribution is -2.36. The summed E-state index contributed by atoms with van der Waals surface area (Å²) in [5, 5.41) is 5.23. The van der Waals surface area contributed by atoms with E-state index in [1.165, 1.54) is 23.9 Å². The van der Waals surface area contributed by atoms with Crippen LogP contribution in [-0.2, 0) is 9.59 Å². The number of fused-ring (bicyclic) bond motifs is 1. The van der Waals surface area contributed by atoms with Crippen molar-refractivity contribution in [1.29, 1.82) is 0 Å². The summed E-state index contributed by atoms with van der Waals surface area (Å²) in [5.41, 5.74) is -0.186. The Morgan fingerprint density at radius 2 is 2.26 bits per heavy atom.